The Morgan fingerprint density at radius 1 is 0.967 bits per heavy atom. The van der Waals surface area contributed by atoms with E-state index in [4.69, 9.17) is 4.74 Å². The molecular weight excluding hydrogens is 400 g/mol. The van der Waals surface area contributed by atoms with E-state index in [1.165, 1.54) is 12.1 Å². The number of benzene rings is 3. The van der Waals surface area contributed by atoms with Crippen molar-refractivity contribution in [1.82, 2.24) is 5.32 Å². The Kier molecular flexibility index (Phi) is 6.42. The van der Waals surface area contributed by atoms with Gasteiger partial charge in [-0.3, -0.25) is 9.52 Å². The van der Waals surface area contributed by atoms with Gasteiger partial charge in [-0.1, -0.05) is 30.3 Å². The largest absolute Gasteiger partial charge is 0.497 e. The van der Waals surface area contributed by atoms with Crippen LogP contribution in [0.15, 0.2) is 77.7 Å². The SMILES string of the molecule is COc1ccc(C(C)NC(=O)c2ccc(NS(=O)(=O)c3ccccc3)c(C)c2)cc1. The minimum Gasteiger partial charge on any atom is -0.497 e. The molecule has 1 amide bonds. The van der Waals surface area contributed by atoms with Crippen LogP contribution in [-0.4, -0.2) is 21.4 Å². The van der Waals surface area contributed by atoms with Crippen molar-refractivity contribution in [3.8, 4) is 5.75 Å². The van der Waals surface area contributed by atoms with Crippen molar-refractivity contribution in [2.45, 2.75) is 24.8 Å². The summed E-state index contributed by atoms with van der Waals surface area (Å²) in [5.41, 5.74) is 2.49. The number of hydrogen-bond donors (Lipinski definition) is 2. The molecule has 0 aliphatic carbocycles. The monoisotopic (exact) mass is 424 g/mol. The number of carbonyl (C=O) groups excluding carboxylic acids is 1. The molecule has 0 saturated carbocycles. The molecule has 156 valence electrons. The van der Waals surface area contributed by atoms with Crippen LogP contribution in [0.4, 0.5) is 5.69 Å². The highest BCUT2D eigenvalue weighted by Crippen LogP contribution is 2.22. The number of sulfonamides is 1. The Balaban J connectivity index is 1.71. The van der Waals surface area contributed by atoms with Crippen LogP contribution < -0.4 is 14.8 Å². The van der Waals surface area contributed by atoms with Crippen molar-refractivity contribution in [3.05, 3.63) is 89.5 Å². The van der Waals surface area contributed by atoms with Gasteiger partial charge in [-0.05, 0) is 67.4 Å². The highest BCUT2D eigenvalue weighted by molar-refractivity contribution is 7.92. The minimum absolute atomic E-state index is 0.180. The molecule has 7 heteroatoms. The van der Waals surface area contributed by atoms with Gasteiger partial charge in [0.15, 0.2) is 0 Å². The first kappa shape index (κ1) is 21.4. The van der Waals surface area contributed by atoms with E-state index in [0.717, 1.165) is 11.3 Å². The molecule has 0 fully saturated rings. The van der Waals surface area contributed by atoms with Crippen LogP contribution in [0.25, 0.3) is 0 Å². The van der Waals surface area contributed by atoms with Gasteiger partial charge >= 0.3 is 0 Å². The normalized spacial score (nSPS) is 12.1. The second kappa shape index (κ2) is 9.00. The van der Waals surface area contributed by atoms with Gasteiger partial charge in [0.2, 0.25) is 0 Å². The first-order chi connectivity index (χ1) is 14.3. The van der Waals surface area contributed by atoms with Crippen molar-refractivity contribution < 1.29 is 17.9 Å². The molecule has 0 aliphatic rings. The Bertz CT molecular complexity index is 1130. The van der Waals surface area contributed by atoms with Gasteiger partial charge in [-0.25, -0.2) is 8.42 Å². The summed E-state index contributed by atoms with van der Waals surface area (Å²) in [6.07, 6.45) is 0. The summed E-state index contributed by atoms with van der Waals surface area (Å²) in [6, 6.07) is 20.3. The predicted molar refractivity (Wildman–Crippen MR) is 117 cm³/mol. The van der Waals surface area contributed by atoms with E-state index < -0.39 is 10.0 Å². The third-order valence-corrected chi connectivity index (χ3v) is 6.13. The molecule has 1 unspecified atom stereocenters. The first-order valence-corrected chi connectivity index (χ1v) is 10.9. The van der Waals surface area contributed by atoms with Crippen LogP contribution in [0, 0.1) is 6.92 Å². The van der Waals surface area contributed by atoms with Gasteiger partial charge in [0.1, 0.15) is 5.75 Å². The number of aryl methyl sites for hydroxylation is 1. The van der Waals surface area contributed by atoms with E-state index >= 15 is 0 Å². The van der Waals surface area contributed by atoms with Crippen molar-refractivity contribution in [1.29, 1.82) is 0 Å². The zero-order valence-corrected chi connectivity index (χ0v) is 17.9. The zero-order valence-electron chi connectivity index (χ0n) is 17.0. The molecule has 0 radical (unpaired) electrons. The number of anilines is 1. The average molecular weight is 425 g/mol. The number of amides is 1. The zero-order chi connectivity index (χ0) is 21.7. The Morgan fingerprint density at radius 2 is 1.63 bits per heavy atom. The number of hydrogen-bond acceptors (Lipinski definition) is 4. The first-order valence-electron chi connectivity index (χ1n) is 9.43. The quantitative estimate of drug-likeness (QED) is 0.592. The third-order valence-electron chi connectivity index (χ3n) is 4.75. The topological polar surface area (TPSA) is 84.5 Å². The van der Waals surface area contributed by atoms with Gasteiger partial charge in [0, 0.05) is 5.56 Å². The molecule has 30 heavy (non-hydrogen) atoms. The van der Waals surface area contributed by atoms with Crippen molar-refractivity contribution in [3.63, 3.8) is 0 Å². The summed E-state index contributed by atoms with van der Waals surface area (Å²) in [6.45, 7) is 3.65. The van der Waals surface area contributed by atoms with Crippen LogP contribution in [0.5, 0.6) is 5.75 Å². The lowest BCUT2D eigenvalue weighted by Gasteiger charge is -2.16. The molecule has 6 nitrogen and oxygen atoms in total. The molecule has 0 aromatic heterocycles. The molecule has 3 rings (SSSR count). The minimum atomic E-state index is -3.69. The van der Waals surface area contributed by atoms with E-state index in [1.54, 1.807) is 50.4 Å². The second-order valence-electron chi connectivity index (χ2n) is 6.92. The standard InChI is InChI=1S/C23H24N2O4S/c1-16-15-19(23(26)24-17(2)18-9-12-20(29-3)13-10-18)11-14-22(16)25-30(27,28)21-7-5-4-6-8-21/h4-15,17,25H,1-3H3,(H,24,26). The number of nitrogens with one attached hydrogen (secondary N) is 2. The molecule has 0 spiro atoms. The number of ether oxygens (including phenoxy) is 1. The van der Waals surface area contributed by atoms with Crippen LogP contribution in [0.2, 0.25) is 0 Å². The van der Waals surface area contributed by atoms with E-state index in [-0.39, 0.29) is 16.8 Å². The highest BCUT2D eigenvalue weighted by Gasteiger charge is 2.17. The van der Waals surface area contributed by atoms with E-state index in [1.807, 2.05) is 31.2 Å². The maximum Gasteiger partial charge on any atom is 0.261 e. The van der Waals surface area contributed by atoms with Gasteiger partial charge < -0.3 is 10.1 Å². The van der Waals surface area contributed by atoms with Crippen LogP contribution in [0.1, 0.15) is 34.5 Å². The van der Waals surface area contributed by atoms with Gasteiger partial charge in [-0.15, -0.1) is 0 Å². The van der Waals surface area contributed by atoms with Crippen molar-refractivity contribution in [2.75, 3.05) is 11.8 Å². The Labute approximate surface area is 177 Å². The molecule has 2 N–H and O–H groups in total. The summed E-state index contributed by atoms with van der Waals surface area (Å²) in [7, 11) is -2.09. The summed E-state index contributed by atoms with van der Waals surface area (Å²) >= 11 is 0. The van der Waals surface area contributed by atoms with Crippen LogP contribution in [0.3, 0.4) is 0 Å². The van der Waals surface area contributed by atoms with Gasteiger partial charge in [-0.2, -0.15) is 0 Å². The lowest BCUT2D eigenvalue weighted by Crippen LogP contribution is -2.26. The summed E-state index contributed by atoms with van der Waals surface area (Å²) in [5.74, 6) is 0.514. The van der Waals surface area contributed by atoms with E-state index in [9.17, 15) is 13.2 Å². The Hall–Kier alpha value is -3.32. The van der Waals surface area contributed by atoms with E-state index in [0.29, 0.717) is 16.8 Å². The molecule has 0 saturated heterocycles. The average Bonchev–Trinajstić information content (AvgIpc) is 2.75. The molecule has 3 aromatic rings. The fourth-order valence-corrected chi connectivity index (χ4v) is 4.13. The van der Waals surface area contributed by atoms with E-state index in [2.05, 4.69) is 10.0 Å². The Morgan fingerprint density at radius 3 is 2.23 bits per heavy atom. The lowest BCUT2D eigenvalue weighted by atomic mass is 10.1. The molecule has 3 aromatic carbocycles. The third kappa shape index (κ3) is 4.99. The van der Waals surface area contributed by atoms with Gasteiger partial charge in [0.05, 0.1) is 23.7 Å². The molecule has 0 bridgehead atoms. The molecule has 0 heterocycles. The summed E-state index contributed by atoms with van der Waals surface area (Å²) in [5, 5.41) is 2.95. The van der Waals surface area contributed by atoms with Crippen molar-refractivity contribution >= 4 is 21.6 Å². The predicted octanol–water partition coefficient (Wildman–Crippen LogP) is 4.30. The fourth-order valence-electron chi connectivity index (χ4n) is 2.98. The smallest absolute Gasteiger partial charge is 0.261 e. The number of rotatable bonds is 7. The highest BCUT2D eigenvalue weighted by atomic mass is 32.2. The maximum absolute atomic E-state index is 12.6. The maximum atomic E-state index is 12.6. The second-order valence-corrected chi connectivity index (χ2v) is 8.60. The number of methoxy groups -OCH3 is 1. The summed E-state index contributed by atoms with van der Waals surface area (Å²) in [4.78, 5) is 12.8. The van der Waals surface area contributed by atoms with Crippen LogP contribution >= 0.6 is 0 Å². The molecule has 1 atom stereocenters. The van der Waals surface area contributed by atoms with Crippen LogP contribution in [-0.2, 0) is 10.0 Å². The number of carbonyl (C=O) groups is 1. The molecule has 0 aliphatic heterocycles. The van der Waals surface area contributed by atoms with Crippen molar-refractivity contribution in [2.24, 2.45) is 0 Å². The summed E-state index contributed by atoms with van der Waals surface area (Å²) < 4.78 is 32.8. The lowest BCUT2D eigenvalue weighted by molar-refractivity contribution is 0.0940. The molecular formula is C23H24N2O4S. The fraction of sp³-hybridized carbons (Fsp3) is 0.174. The van der Waals surface area contributed by atoms with Gasteiger partial charge in [0.25, 0.3) is 15.9 Å².